The number of nitrogens with one attached hydrogen (secondary N) is 1. The Hall–Kier alpha value is -3.35. The molecule has 0 aliphatic carbocycles. The van der Waals surface area contributed by atoms with Gasteiger partial charge in [0.2, 0.25) is 0 Å². The molecule has 1 heterocycles. The number of halogens is 1. The molecule has 2 aromatic rings. The van der Waals surface area contributed by atoms with Gasteiger partial charge in [0.1, 0.15) is 19.0 Å². The first-order valence-electron chi connectivity index (χ1n) is 8.82. The Morgan fingerprint density at radius 1 is 1.14 bits per heavy atom. The van der Waals surface area contributed by atoms with E-state index in [2.05, 4.69) is 5.32 Å². The van der Waals surface area contributed by atoms with Gasteiger partial charge in [0.25, 0.3) is 5.91 Å². The predicted molar refractivity (Wildman–Crippen MR) is 100 cm³/mol. The summed E-state index contributed by atoms with van der Waals surface area (Å²) in [6.07, 6.45) is 1.86. The van der Waals surface area contributed by atoms with Crippen molar-refractivity contribution in [3.63, 3.8) is 0 Å². The molecule has 7 heteroatoms. The third-order valence-corrected chi connectivity index (χ3v) is 4.02. The van der Waals surface area contributed by atoms with Crippen molar-refractivity contribution in [2.45, 2.75) is 19.6 Å². The lowest BCUT2D eigenvalue weighted by atomic mass is 10.2. The van der Waals surface area contributed by atoms with Crippen molar-refractivity contribution in [2.24, 2.45) is 0 Å². The van der Waals surface area contributed by atoms with Crippen LogP contribution in [-0.2, 0) is 20.9 Å². The van der Waals surface area contributed by atoms with Crippen LogP contribution < -0.4 is 14.8 Å². The Bertz CT molecular complexity index is 879. The van der Waals surface area contributed by atoms with Crippen molar-refractivity contribution in [3.05, 3.63) is 65.5 Å². The molecule has 0 radical (unpaired) electrons. The number of ether oxygens (including phenoxy) is 3. The van der Waals surface area contributed by atoms with E-state index in [4.69, 9.17) is 14.2 Å². The molecule has 28 heavy (non-hydrogen) atoms. The van der Waals surface area contributed by atoms with Gasteiger partial charge in [0.15, 0.2) is 17.6 Å². The normalized spacial score (nSPS) is 13.8. The first-order valence-corrected chi connectivity index (χ1v) is 8.82. The Balaban J connectivity index is 1.48. The zero-order chi connectivity index (χ0) is 19.9. The standard InChI is InChI=1S/C21H20FNO5/c1-14(21(25)23-13-16-2-6-17(22)7-3-16)28-20(24)9-5-15-4-8-18-19(12-15)27-11-10-26-18/h2-9,12,14H,10-11,13H2,1H3,(H,23,25)/b9-5+/t14-/m1/s1. The van der Waals surface area contributed by atoms with Gasteiger partial charge in [-0.05, 0) is 48.4 Å². The quantitative estimate of drug-likeness (QED) is 0.611. The molecule has 0 bridgehead atoms. The summed E-state index contributed by atoms with van der Waals surface area (Å²) in [7, 11) is 0. The van der Waals surface area contributed by atoms with Crippen molar-refractivity contribution in [3.8, 4) is 11.5 Å². The minimum absolute atomic E-state index is 0.216. The van der Waals surface area contributed by atoms with Crippen LogP contribution in [0.15, 0.2) is 48.5 Å². The highest BCUT2D eigenvalue weighted by atomic mass is 19.1. The molecule has 0 fully saturated rings. The van der Waals surface area contributed by atoms with Crippen molar-refractivity contribution >= 4 is 18.0 Å². The molecule has 1 aliphatic heterocycles. The molecule has 0 aromatic heterocycles. The summed E-state index contributed by atoms with van der Waals surface area (Å²) in [6.45, 7) is 2.69. The van der Waals surface area contributed by atoms with Crippen LogP contribution in [0.5, 0.6) is 11.5 Å². The fourth-order valence-corrected chi connectivity index (χ4v) is 2.53. The highest BCUT2D eigenvalue weighted by molar-refractivity contribution is 5.90. The molecule has 2 aromatic carbocycles. The molecule has 0 saturated carbocycles. The van der Waals surface area contributed by atoms with E-state index in [9.17, 15) is 14.0 Å². The number of carbonyl (C=O) groups is 2. The van der Waals surface area contributed by atoms with Crippen LogP contribution in [0, 0.1) is 5.82 Å². The molecule has 1 N–H and O–H groups in total. The Morgan fingerprint density at radius 2 is 1.86 bits per heavy atom. The maximum absolute atomic E-state index is 12.9. The molecule has 3 rings (SSSR count). The summed E-state index contributed by atoms with van der Waals surface area (Å²) in [5.41, 5.74) is 1.49. The van der Waals surface area contributed by atoms with Crippen molar-refractivity contribution in [1.82, 2.24) is 5.32 Å². The van der Waals surface area contributed by atoms with E-state index in [0.29, 0.717) is 24.7 Å². The fourth-order valence-electron chi connectivity index (χ4n) is 2.53. The minimum Gasteiger partial charge on any atom is -0.486 e. The van der Waals surface area contributed by atoms with E-state index in [1.54, 1.807) is 36.4 Å². The van der Waals surface area contributed by atoms with Crippen LogP contribution in [0.2, 0.25) is 0 Å². The summed E-state index contributed by atoms with van der Waals surface area (Å²) in [5, 5.41) is 2.64. The van der Waals surface area contributed by atoms with Crippen LogP contribution in [0.1, 0.15) is 18.1 Å². The van der Waals surface area contributed by atoms with E-state index in [1.165, 1.54) is 25.1 Å². The van der Waals surface area contributed by atoms with Gasteiger partial charge in [0, 0.05) is 12.6 Å². The third-order valence-electron chi connectivity index (χ3n) is 4.02. The summed E-state index contributed by atoms with van der Waals surface area (Å²) in [6, 6.07) is 11.1. The van der Waals surface area contributed by atoms with Gasteiger partial charge < -0.3 is 19.5 Å². The lowest BCUT2D eigenvalue weighted by Crippen LogP contribution is -2.35. The predicted octanol–water partition coefficient (Wildman–Crippen LogP) is 2.86. The number of hydrogen-bond acceptors (Lipinski definition) is 5. The van der Waals surface area contributed by atoms with E-state index < -0.39 is 18.0 Å². The average molecular weight is 385 g/mol. The number of rotatable bonds is 6. The van der Waals surface area contributed by atoms with Crippen molar-refractivity contribution in [2.75, 3.05) is 13.2 Å². The maximum Gasteiger partial charge on any atom is 0.331 e. The number of hydrogen-bond donors (Lipinski definition) is 1. The van der Waals surface area contributed by atoms with Gasteiger partial charge >= 0.3 is 5.97 Å². The van der Waals surface area contributed by atoms with Crippen molar-refractivity contribution < 1.29 is 28.2 Å². The van der Waals surface area contributed by atoms with Crippen LogP contribution in [0.3, 0.4) is 0 Å². The monoisotopic (exact) mass is 385 g/mol. The smallest absolute Gasteiger partial charge is 0.331 e. The van der Waals surface area contributed by atoms with E-state index in [1.807, 2.05) is 0 Å². The van der Waals surface area contributed by atoms with Gasteiger partial charge in [-0.2, -0.15) is 0 Å². The SMILES string of the molecule is C[C@@H](OC(=O)/C=C/c1ccc2c(c1)OCCO2)C(=O)NCc1ccc(F)cc1. The first-order chi connectivity index (χ1) is 13.5. The number of fused-ring (bicyclic) bond motifs is 1. The molecule has 0 unspecified atom stereocenters. The fraction of sp³-hybridized carbons (Fsp3) is 0.238. The van der Waals surface area contributed by atoms with Crippen LogP contribution >= 0.6 is 0 Å². The largest absolute Gasteiger partial charge is 0.486 e. The number of carbonyl (C=O) groups excluding carboxylic acids is 2. The molecule has 0 saturated heterocycles. The van der Waals surface area contributed by atoms with Crippen LogP contribution in [0.25, 0.3) is 6.08 Å². The zero-order valence-corrected chi connectivity index (χ0v) is 15.3. The molecule has 6 nitrogen and oxygen atoms in total. The number of benzene rings is 2. The first kappa shape index (κ1) is 19.4. The van der Waals surface area contributed by atoms with E-state index >= 15 is 0 Å². The Kier molecular flexibility index (Phi) is 6.26. The highest BCUT2D eigenvalue weighted by Crippen LogP contribution is 2.31. The second-order valence-electron chi connectivity index (χ2n) is 6.16. The van der Waals surface area contributed by atoms with E-state index in [-0.39, 0.29) is 12.4 Å². The number of esters is 1. The topological polar surface area (TPSA) is 73.9 Å². The molecular formula is C21H20FNO5. The minimum atomic E-state index is -0.960. The summed E-state index contributed by atoms with van der Waals surface area (Å²) in [5.74, 6) is -0.139. The second-order valence-corrected chi connectivity index (χ2v) is 6.16. The molecular weight excluding hydrogens is 365 g/mol. The Morgan fingerprint density at radius 3 is 2.61 bits per heavy atom. The van der Waals surface area contributed by atoms with Crippen LogP contribution in [0.4, 0.5) is 4.39 Å². The average Bonchev–Trinajstić information content (AvgIpc) is 2.71. The molecule has 146 valence electrons. The number of amides is 1. The molecule has 1 atom stereocenters. The second kappa shape index (κ2) is 9.03. The molecule has 1 amide bonds. The summed E-state index contributed by atoms with van der Waals surface area (Å²) >= 11 is 0. The summed E-state index contributed by atoms with van der Waals surface area (Å²) in [4.78, 5) is 24.0. The van der Waals surface area contributed by atoms with Gasteiger partial charge in [-0.15, -0.1) is 0 Å². The van der Waals surface area contributed by atoms with Crippen LogP contribution in [-0.4, -0.2) is 31.2 Å². The van der Waals surface area contributed by atoms with Crippen molar-refractivity contribution in [1.29, 1.82) is 0 Å². The van der Waals surface area contributed by atoms with Gasteiger partial charge in [0.05, 0.1) is 0 Å². The van der Waals surface area contributed by atoms with Gasteiger partial charge in [-0.3, -0.25) is 4.79 Å². The van der Waals surface area contributed by atoms with Gasteiger partial charge in [-0.1, -0.05) is 18.2 Å². The molecule has 0 spiro atoms. The molecule has 1 aliphatic rings. The lowest BCUT2D eigenvalue weighted by Gasteiger charge is -2.18. The lowest BCUT2D eigenvalue weighted by molar-refractivity contribution is -0.150. The third kappa shape index (κ3) is 5.33. The summed E-state index contributed by atoms with van der Waals surface area (Å²) < 4.78 is 28.9. The zero-order valence-electron chi connectivity index (χ0n) is 15.3. The Labute approximate surface area is 161 Å². The van der Waals surface area contributed by atoms with Gasteiger partial charge in [-0.25, -0.2) is 9.18 Å². The highest BCUT2D eigenvalue weighted by Gasteiger charge is 2.16. The van der Waals surface area contributed by atoms with E-state index in [0.717, 1.165) is 11.1 Å². The maximum atomic E-state index is 12.9.